The minimum absolute atomic E-state index is 0.0683. The van der Waals surface area contributed by atoms with Gasteiger partial charge in [0.1, 0.15) is 11.6 Å². The van der Waals surface area contributed by atoms with Gasteiger partial charge < -0.3 is 10.6 Å². The highest BCUT2D eigenvalue weighted by Gasteiger charge is 2.13. The van der Waals surface area contributed by atoms with E-state index in [9.17, 15) is 18.4 Å². The summed E-state index contributed by atoms with van der Waals surface area (Å²) in [5, 5.41) is 5.70. The number of imidazole rings is 1. The van der Waals surface area contributed by atoms with Gasteiger partial charge in [0.05, 0.1) is 11.4 Å². The van der Waals surface area contributed by atoms with Crippen LogP contribution in [-0.2, 0) is 4.79 Å². The molecule has 0 aliphatic rings. The van der Waals surface area contributed by atoms with E-state index in [4.69, 9.17) is 0 Å². The van der Waals surface area contributed by atoms with Gasteiger partial charge in [0, 0.05) is 35.4 Å². The van der Waals surface area contributed by atoms with Gasteiger partial charge >= 0.3 is 0 Å². The minimum atomic E-state index is -0.721. The number of amides is 2. The summed E-state index contributed by atoms with van der Waals surface area (Å²) in [7, 11) is 0. The molecule has 166 valence electrons. The zero-order valence-corrected chi connectivity index (χ0v) is 18.0. The van der Waals surface area contributed by atoms with Crippen LogP contribution in [0.5, 0.6) is 0 Å². The quantitative estimate of drug-likeness (QED) is 0.372. The second-order valence-corrected chi connectivity index (χ2v) is 7.85. The molecule has 33 heavy (non-hydrogen) atoms. The zero-order chi connectivity index (χ0) is 23.2. The first-order chi connectivity index (χ1) is 16.0. The molecular formula is C24H18F2N4O2S. The first-order valence-electron chi connectivity index (χ1n) is 9.87. The molecule has 0 unspecified atom stereocenters. The normalized spacial score (nSPS) is 10.6. The fraction of sp³-hybridized carbons (Fsp3) is 0.0417. The number of aromatic nitrogens is 2. The number of halogens is 2. The van der Waals surface area contributed by atoms with E-state index in [1.54, 1.807) is 47.3 Å². The molecule has 0 spiro atoms. The third kappa shape index (κ3) is 5.64. The average molecular weight is 464 g/mol. The molecule has 0 saturated heterocycles. The van der Waals surface area contributed by atoms with Gasteiger partial charge in [-0.3, -0.25) is 14.2 Å². The van der Waals surface area contributed by atoms with E-state index in [0.29, 0.717) is 22.1 Å². The lowest BCUT2D eigenvalue weighted by Crippen LogP contribution is -2.15. The summed E-state index contributed by atoms with van der Waals surface area (Å²) < 4.78 is 28.8. The maximum atomic E-state index is 13.7. The molecule has 2 amide bonds. The standard InChI is InChI=1S/C24H18F2N4O2S/c25-17-9-10-20(26)21(14-17)29-22(31)15-33-24-27-11-12-30(24)19-8-4-5-16(13-19)23(32)28-18-6-2-1-3-7-18/h1-14H,15H2,(H,28,32)(H,29,31). The number of anilines is 2. The largest absolute Gasteiger partial charge is 0.323 e. The minimum Gasteiger partial charge on any atom is -0.323 e. The molecule has 0 aliphatic heterocycles. The Hall–Kier alpha value is -3.98. The van der Waals surface area contributed by atoms with Crippen molar-refractivity contribution in [1.82, 2.24) is 9.55 Å². The van der Waals surface area contributed by atoms with Crippen LogP contribution in [0.2, 0.25) is 0 Å². The van der Waals surface area contributed by atoms with Crippen molar-refractivity contribution in [2.45, 2.75) is 5.16 Å². The summed E-state index contributed by atoms with van der Waals surface area (Å²) in [6.07, 6.45) is 3.28. The van der Waals surface area contributed by atoms with Crippen molar-refractivity contribution in [2.24, 2.45) is 0 Å². The number of nitrogens with one attached hydrogen (secondary N) is 2. The van der Waals surface area contributed by atoms with Gasteiger partial charge in [-0.1, -0.05) is 36.0 Å². The fourth-order valence-electron chi connectivity index (χ4n) is 3.02. The predicted molar refractivity (Wildman–Crippen MR) is 124 cm³/mol. The zero-order valence-electron chi connectivity index (χ0n) is 17.2. The molecule has 0 radical (unpaired) electrons. The van der Waals surface area contributed by atoms with Crippen LogP contribution in [0, 0.1) is 11.6 Å². The van der Waals surface area contributed by atoms with Crippen molar-refractivity contribution in [3.63, 3.8) is 0 Å². The molecule has 2 N–H and O–H groups in total. The van der Waals surface area contributed by atoms with Gasteiger partial charge in [-0.25, -0.2) is 13.8 Å². The Kier molecular flexibility index (Phi) is 6.80. The number of rotatable bonds is 7. The highest BCUT2D eigenvalue weighted by atomic mass is 32.2. The molecule has 1 heterocycles. The molecule has 4 rings (SSSR count). The van der Waals surface area contributed by atoms with Crippen LogP contribution in [0.25, 0.3) is 5.69 Å². The number of nitrogens with zero attached hydrogens (tertiary/aromatic N) is 2. The number of carbonyl (C=O) groups is 2. The molecule has 9 heteroatoms. The predicted octanol–water partition coefficient (Wildman–Crippen LogP) is 5.13. The van der Waals surface area contributed by atoms with Gasteiger partial charge in [0.2, 0.25) is 5.91 Å². The summed E-state index contributed by atoms with van der Waals surface area (Å²) in [5.74, 6) is -2.20. The fourth-order valence-corrected chi connectivity index (χ4v) is 3.80. The number of hydrogen-bond acceptors (Lipinski definition) is 4. The Bertz CT molecular complexity index is 1290. The van der Waals surface area contributed by atoms with Crippen LogP contribution in [0.4, 0.5) is 20.2 Å². The summed E-state index contributed by atoms with van der Waals surface area (Å²) in [4.78, 5) is 29.1. The third-order valence-corrected chi connectivity index (χ3v) is 5.53. The Morgan fingerprint density at radius 2 is 1.76 bits per heavy atom. The lowest BCUT2D eigenvalue weighted by molar-refractivity contribution is -0.113. The Labute approximate surface area is 192 Å². The number of benzene rings is 3. The summed E-state index contributed by atoms with van der Waals surface area (Å²) in [5.41, 5.74) is 1.61. The topological polar surface area (TPSA) is 76.0 Å². The molecule has 0 atom stereocenters. The van der Waals surface area contributed by atoms with Crippen LogP contribution in [0.3, 0.4) is 0 Å². The molecule has 0 aliphatic carbocycles. The Balaban J connectivity index is 1.44. The van der Waals surface area contributed by atoms with Gasteiger partial charge in [-0.2, -0.15) is 0 Å². The molecule has 6 nitrogen and oxygen atoms in total. The monoisotopic (exact) mass is 464 g/mol. The summed E-state index contributed by atoms with van der Waals surface area (Å²) >= 11 is 1.13. The van der Waals surface area contributed by atoms with E-state index >= 15 is 0 Å². The lowest BCUT2D eigenvalue weighted by Gasteiger charge is -2.10. The summed E-state index contributed by atoms with van der Waals surface area (Å²) in [6, 6.07) is 19.0. The van der Waals surface area contributed by atoms with E-state index in [2.05, 4.69) is 15.6 Å². The van der Waals surface area contributed by atoms with Gasteiger partial charge in [-0.15, -0.1) is 0 Å². The number of hydrogen-bond donors (Lipinski definition) is 2. The Morgan fingerprint density at radius 3 is 2.58 bits per heavy atom. The third-order valence-electron chi connectivity index (χ3n) is 4.56. The second-order valence-electron chi connectivity index (χ2n) is 6.91. The molecule has 1 aromatic heterocycles. The number of para-hydroxylation sites is 1. The molecule has 0 fully saturated rings. The van der Waals surface area contributed by atoms with E-state index in [1.165, 1.54) is 0 Å². The SMILES string of the molecule is O=C(CSc1nccn1-c1cccc(C(=O)Nc2ccccc2)c1)Nc1cc(F)ccc1F. The van der Waals surface area contributed by atoms with E-state index in [0.717, 1.165) is 30.0 Å². The van der Waals surface area contributed by atoms with Crippen LogP contribution in [0.15, 0.2) is 90.3 Å². The maximum absolute atomic E-state index is 13.7. The average Bonchev–Trinajstić information content (AvgIpc) is 3.30. The molecule has 3 aromatic carbocycles. The van der Waals surface area contributed by atoms with Crippen LogP contribution >= 0.6 is 11.8 Å². The highest BCUT2D eigenvalue weighted by molar-refractivity contribution is 7.99. The van der Waals surface area contributed by atoms with Crippen molar-refractivity contribution in [3.8, 4) is 5.69 Å². The van der Waals surface area contributed by atoms with Gasteiger partial charge in [0.15, 0.2) is 5.16 Å². The van der Waals surface area contributed by atoms with Crippen molar-refractivity contribution < 1.29 is 18.4 Å². The number of carbonyl (C=O) groups excluding carboxylic acids is 2. The van der Waals surface area contributed by atoms with Crippen molar-refractivity contribution in [2.75, 3.05) is 16.4 Å². The van der Waals surface area contributed by atoms with Crippen LogP contribution < -0.4 is 10.6 Å². The Morgan fingerprint density at radius 1 is 0.939 bits per heavy atom. The van der Waals surface area contributed by atoms with Gasteiger partial charge in [0.25, 0.3) is 5.91 Å². The molecule has 4 aromatic rings. The summed E-state index contributed by atoms with van der Waals surface area (Å²) in [6.45, 7) is 0. The first kappa shape index (κ1) is 22.2. The molecule has 0 saturated carbocycles. The van der Waals surface area contributed by atoms with E-state index < -0.39 is 17.5 Å². The molecular weight excluding hydrogens is 446 g/mol. The highest BCUT2D eigenvalue weighted by Crippen LogP contribution is 2.22. The van der Waals surface area contributed by atoms with Gasteiger partial charge in [-0.05, 0) is 42.5 Å². The van der Waals surface area contributed by atoms with E-state index in [1.807, 2.05) is 24.3 Å². The first-order valence-corrected chi connectivity index (χ1v) is 10.9. The van der Waals surface area contributed by atoms with Crippen molar-refractivity contribution in [3.05, 3.63) is 102 Å². The smallest absolute Gasteiger partial charge is 0.255 e. The maximum Gasteiger partial charge on any atom is 0.255 e. The van der Waals surface area contributed by atoms with Crippen molar-refractivity contribution >= 4 is 35.0 Å². The lowest BCUT2D eigenvalue weighted by atomic mass is 10.2. The molecule has 0 bridgehead atoms. The van der Waals surface area contributed by atoms with Crippen molar-refractivity contribution in [1.29, 1.82) is 0 Å². The van der Waals surface area contributed by atoms with Crippen LogP contribution in [-0.4, -0.2) is 27.1 Å². The van der Waals surface area contributed by atoms with Crippen LogP contribution in [0.1, 0.15) is 10.4 Å². The second kappa shape index (κ2) is 10.1. The van der Waals surface area contributed by atoms with E-state index in [-0.39, 0.29) is 17.3 Å². The number of thioether (sulfide) groups is 1.